The first-order valence-electron chi connectivity index (χ1n) is 13.5. The number of carbonyl (C=O) groups excluding carboxylic acids is 2. The SMILES string of the molecule is CCCCCCCCCCCC[N+]1=C(CN2CCCCC2C)N=C2C1C(=O)N(C)C(=O)N2C. The maximum Gasteiger partial charge on any atom is 0.333 e. The summed E-state index contributed by atoms with van der Waals surface area (Å²) in [5.41, 5.74) is 0. The zero-order chi connectivity index (χ0) is 23.8. The number of unbranched alkanes of at least 4 members (excludes halogenated alkanes) is 9. The maximum atomic E-state index is 13.1. The third-order valence-corrected chi connectivity index (χ3v) is 7.65. The molecule has 186 valence electrons. The van der Waals surface area contributed by atoms with Crippen molar-refractivity contribution in [2.24, 2.45) is 4.99 Å². The number of amidine groups is 2. The van der Waals surface area contributed by atoms with E-state index in [0.717, 1.165) is 31.9 Å². The van der Waals surface area contributed by atoms with Crippen molar-refractivity contribution in [1.82, 2.24) is 14.7 Å². The molecule has 0 bridgehead atoms. The van der Waals surface area contributed by atoms with Crippen LogP contribution in [0.25, 0.3) is 0 Å². The first-order chi connectivity index (χ1) is 16.0. The molecule has 2 unspecified atom stereocenters. The zero-order valence-electron chi connectivity index (χ0n) is 21.5. The first kappa shape index (κ1) is 25.9. The van der Waals surface area contributed by atoms with E-state index >= 15 is 0 Å². The van der Waals surface area contributed by atoms with Gasteiger partial charge < -0.3 is 0 Å². The molecule has 33 heavy (non-hydrogen) atoms. The molecule has 0 aliphatic carbocycles. The second kappa shape index (κ2) is 12.6. The van der Waals surface area contributed by atoms with Crippen molar-refractivity contribution in [2.45, 2.75) is 109 Å². The molecule has 7 nitrogen and oxygen atoms in total. The van der Waals surface area contributed by atoms with Crippen LogP contribution in [0.15, 0.2) is 4.99 Å². The van der Waals surface area contributed by atoms with Gasteiger partial charge in [-0.05, 0) is 44.1 Å². The second-order valence-electron chi connectivity index (χ2n) is 10.2. The Morgan fingerprint density at radius 1 is 0.909 bits per heavy atom. The Labute approximate surface area is 200 Å². The highest BCUT2D eigenvalue weighted by atomic mass is 16.2. The Morgan fingerprint density at radius 3 is 2.18 bits per heavy atom. The van der Waals surface area contributed by atoms with Crippen molar-refractivity contribution in [3.05, 3.63) is 0 Å². The third-order valence-electron chi connectivity index (χ3n) is 7.65. The Hall–Kier alpha value is -1.76. The van der Waals surface area contributed by atoms with Crippen molar-refractivity contribution in [2.75, 3.05) is 33.7 Å². The molecule has 3 rings (SSSR count). The summed E-state index contributed by atoms with van der Waals surface area (Å²) in [6.07, 6.45) is 16.6. The standard InChI is InChI=1S/C26H46N5O2/c1-5-6-7-8-9-10-11-12-13-15-19-31-22(20-30-18-16-14-17-21(30)2)27-24-23(31)25(32)29(4)26(33)28(24)3/h21,23H,5-20H2,1-4H3/q+1. The monoisotopic (exact) mass is 460 g/mol. The van der Waals surface area contributed by atoms with Crippen molar-refractivity contribution in [3.63, 3.8) is 0 Å². The summed E-state index contributed by atoms with van der Waals surface area (Å²) in [4.78, 5) is 35.8. The smallest absolute Gasteiger partial charge is 0.289 e. The third kappa shape index (κ3) is 6.43. The lowest BCUT2D eigenvalue weighted by molar-refractivity contribution is -0.537. The Bertz CT molecular complexity index is 747. The van der Waals surface area contributed by atoms with E-state index in [1.54, 1.807) is 19.0 Å². The minimum absolute atomic E-state index is 0.148. The van der Waals surface area contributed by atoms with Crippen LogP contribution in [-0.2, 0) is 4.79 Å². The number of piperidine rings is 1. The number of rotatable bonds is 13. The average Bonchev–Trinajstić information content (AvgIpc) is 3.17. The van der Waals surface area contributed by atoms with Crippen LogP contribution in [0.5, 0.6) is 0 Å². The number of fused-ring (bicyclic) bond motifs is 1. The number of urea groups is 1. The lowest BCUT2D eigenvalue weighted by Gasteiger charge is -2.32. The van der Waals surface area contributed by atoms with Gasteiger partial charge in [-0.15, -0.1) is 0 Å². The van der Waals surface area contributed by atoms with Crippen LogP contribution < -0.4 is 0 Å². The Kier molecular flexibility index (Phi) is 9.90. The highest BCUT2D eigenvalue weighted by Crippen LogP contribution is 2.22. The predicted octanol–water partition coefficient (Wildman–Crippen LogP) is 4.50. The van der Waals surface area contributed by atoms with Gasteiger partial charge in [0.2, 0.25) is 0 Å². The quantitative estimate of drug-likeness (QED) is 0.300. The summed E-state index contributed by atoms with van der Waals surface area (Å²) in [7, 11) is 3.32. The van der Waals surface area contributed by atoms with E-state index in [4.69, 9.17) is 4.99 Å². The van der Waals surface area contributed by atoms with Gasteiger partial charge in [-0.2, -0.15) is 0 Å². The fourth-order valence-corrected chi connectivity index (χ4v) is 5.38. The topological polar surface area (TPSA) is 59.2 Å². The van der Waals surface area contributed by atoms with Crippen LogP contribution in [0, 0.1) is 0 Å². The summed E-state index contributed by atoms with van der Waals surface area (Å²) in [5, 5.41) is 0. The number of imide groups is 1. The molecule has 0 radical (unpaired) electrons. The van der Waals surface area contributed by atoms with Crippen LogP contribution in [0.1, 0.15) is 97.3 Å². The number of carbonyl (C=O) groups is 2. The molecule has 0 N–H and O–H groups in total. The Balaban J connectivity index is 1.59. The summed E-state index contributed by atoms with van der Waals surface area (Å²) in [6, 6.07) is -0.209. The molecule has 7 heteroatoms. The molecule has 3 aliphatic heterocycles. The van der Waals surface area contributed by atoms with E-state index in [2.05, 4.69) is 23.3 Å². The minimum Gasteiger partial charge on any atom is -0.289 e. The number of nitrogens with zero attached hydrogens (tertiary/aromatic N) is 5. The Morgan fingerprint density at radius 2 is 1.55 bits per heavy atom. The minimum atomic E-state index is -0.452. The van der Waals surface area contributed by atoms with Gasteiger partial charge >= 0.3 is 11.9 Å². The van der Waals surface area contributed by atoms with Gasteiger partial charge in [0.05, 0.1) is 6.54 Å². The fraction of sp³-hybridized carbons (Fsp3) is 0.846. The molecule has 2 saturated heterocycles. The van der Waals surface area contributed by atoms with Crippen molar-refractivity contribution >= 4 is 23.6 Å². The van der Waals surface area contributed by atoms with Gasteiger partial charge in [0.25, 0.3) is 17.8 Å². The number of hydrogen-bond donors (Lipinski definition) is 0. The van der Waals surface area contributed by atoms with Crippen LogP contribution in [-0.4, -0.2) is 88.7 Å². The van der Waals surface area contributed by atoms with Gasteiger partial charge in [-0.1, -0.05) is 64.7 Å². The van der Waals surface area contributed by atoms with E-state index in [0.29, 0.717) is 11.9 Å². The van der Waals surface area contributed by atoms with Crippen LogP contribution in [0.2, 0.25) is 0 Å². The molecule has 0 aromatic carbocycles. The maximum absolute atomic E-state index is 13.1. The molecule has 0 aromatic heterocycles. The fourth-order valence-electron chi connectivity index (χ4n) is 5.38. The van der Waals surface area contributed by atoms with Gasteiger partial charge in [0.1, 0.15) is 6.54 Å². The average molecular weight is 461 g/mol. The molecule has 2 atom stereocenters. The molecule has 3 amide bonds. The van der Waals surface area contributed by atoms with Gasteiger partial charge in [0, 0.05) is 20.1 Å². The van der Waals surface area contributed by atoms with E-state index in [-0.39, 0.29) is 11.9 Å². The molecule has 2 fully saturated rings. The van der Waals surface area contributed by atoms with E-state index in [1.807, 2.05) is 0 Å². The lowest BCUT2D eigenvalue weighted by atomic mass is 10.0. The number of aliphatic imine (C=N–C) groups is 1. The highest BCUT2D eigenvalue weighted by molar-refractivity contribution is 6.23. The zero-order valence-corrected chi connectivity index (χ0v) is 21.5. The van der Waals surface area contributed by atoms with Crippen LogP contribution in [0.4, 0.5) is 4.79 Å². The van der Waals surface area contributed by atoms with E-state index < -0.39 is 6.04 Å². The molecular formula is C26H46N5O2+. The van der Waals surface area contributed by atoms with Gasteiger partial charge in [-0.25, -0.2) is 9.37 Å². The number of hydrogen-bond acceptors (Lipinski definition) is 4. The summed E-state index contributed by atoms with van der Waals surface area (Å²) >= 11 is 0. The normalized spacial score (nSPS) is 24.1. The van der Waals surface area contributed by atoms with Crippen molar-refractivity contribution in [1.29, 1.82) is 0 Å². The van der Waals surface area contributed by atoms with E-state index in [1.165, 1.54) is 81.9 Å². The second-order valence-corrected chi connectivity index (χ2v) is 10.2. The number of likely N-dealkylation sites (N-methyl/N-ethyl adjacent to an activating group) is 2. The largest absolute Gasteiger partial charge is 0.333 e. The van der Waals surface area contributed by atoms with Crippen LogP contribution in [0.3, 0.4) is 0 Å². The molecular weight excluding hydrogens is 414 g/mol. The first-order valence-corrected chi connectivity index (χ1v) is 13.5. The summed E-state index contributed by atoms with van der Waals surface area (Å²) < 4.78 is 2.20. The van der Waals surface area contributed by atoms with Crippen LogP contribution >= 0.6 is 0 Å². The van der Waals surface area contributed by atoms with E-state index in [9.17, 15) is 9.59 Å². The molecule has 3 aliphatic rings. The summed E-state index contributed by atoms with van der Waals surface area (Å²) in [5.74, 6) is 1.42. The number of amides is 3. The molecule has 3 heterocycles. The molecule has 0 aromatic rings. The highest BCUT2D eigenvalue weighted by Gasteiger charge is 2.53. The van der Waals surface area contributed by atoms with Crippen molar-refractivity contribution in [3.8, 4) is 0 Å². The van der Waals surface area contributed by atoms with Gasteiger partial charge in [0.15, 0.2) is 0 Å². The molecule has 0 spiro atoms. The molecule has 0 saturated carbocycles. The van der Waals surface area contributed by atoms with Gasteiger partial charge in [-0.3, -0.25) is 19.5 Å². The predicted molar refractivity (Wildman–Crippen MR) is 134 cm³/mol. The van der Waals surface area contributed by atoms with Crippen molar-refractivity contribution < 1.29 is 14.2 Å². The number of likely N-dealkylation sites (tertiary alicyclic amines) is 1. The summed E-state index contributed by atoms with van der Waals surface area (Å²) in [6.45, 7) is 7.22. The lowest BCUT2D eigenvalue weighted by Crippen LogP contribution is -2.61.